The Bertz CT molecular complexity index is 945. The molecule has 0 aliphatic heterocycles. The maximum absolute atomic E-state index is 12.4. The van der Waals surface area contributed by atoms with Gasteiger partial charge < -0.3 is 0 Å². The summed E-state index contributed by atoms with van der Waals surface area (Å²) in [6, 6.07) is 14.0. The fourth-order valence-corrected chi connectivity index (χ4v) is 4.39. The molecule has 92 valence electrons. The third-order valence-electron chi connectivity index (χ3n) is 3.27. The van der Waals surface area contributed by atoms with Gasteiger partial charge in [0.2, 0.25) is 0 Å². The van der Waals surface area contributed by atoms with E-state index in [9.17, 15) is 4.79 Å². The fraction of sp³-hybridized carbons (Fsp3) is 0. The molecule has 0 amide bonds. The first kappa shape index (κ1) is 10.9. The molecular weight excluding hydrogens is 303 g/mol. The molecule has 19 heavy (non-hydrogen) atoms. The van der Waals surface area contributed by atoms with Gasteiger partial charge in [0.15, 0.2) is 0 Å². The van der Waals surface area contributed by atoms with Crippen LogP contribution in [-0.2, 0) is 0 Å². The average molecular weight is 313 g/mol. The van der Waals surface area contributed by atoms with Crippen molar-refractivity contribution in [1.82, 2.24) is 8.55 Å². The number of aromatic amines is 1. The van der Waals surface area contributed by atoms with Gasteiger partial charge in [-0.3, -0.25) is 0 Å². The van der Waals surface area contributed by atoms with Crippen LogP contribution in [0.15, 0.2) is 59.7 Å². The molecule has 1 N–H and O–H groups in total. The number of nitrogens with one attached hydrogen (secondary N) is 1. The Kier molecular flexibility index (Phi) is 2.28. The standard InChI is InChI=1S/C15H10N2OSe/c18-15-13-3-1-2-4-14(13)19-17(15)12-6-5-10-8-16-9-11(10)7-12/h1-9,16H. The Morgan fingerprint density at radius 2 is 1.84 bits per heavy atom. The summed E-state index contributed by atoms with van der Waals surface area (Å²) in [5.74, 6) is 0. The Morgan fingerprint density at radius 3 is 2.74 bits per heavy atom. The first-order valence-electron chi connectivity index (χ1n) is 6.01. The Hall–Kier alpha value is -2.03. The molecule has 0 saturated heterocycles. The van der Waals surface area contributed by atoms with Gasteiger partial charge in [-0.25, -0.2) is 0 Å². The van der Waals surface area contributed by atoms with E-state index >= 15 is 0 Å². The molecule has 4 rings (SSSR count). The van der Waals surface area contributed by atoms with E-state index in [1.165, 1.54) is 5.39 Å². The van der Waals surface area contributed by atoms with Gasteiger partial charge in [-0.1, -0.05) is 0 Å². The van der Waals surface area contributed by atoms with Crippen LogP contribution in [0.4, 0.5) is 0 Å². The van der Waals surface area contributed by atoms with Gasteiger partial charge in [0.05, 0.1) is 0 Å². The van der Waals surface area contributed by atoms with Crippen LogP contribution in [0.2, 0.25) is 0 Å². The van der Waals surface area contributed by atoms with Gasteiger partial charge in [-0.2, -0.15) is 0 Å². The Balaban J connectivity index is 2.03. The van der Waals surface area contributed by atoms with Crippen molar-refractivity contribution in [3.8, 4) is 5.69 Å². The second-order valence-electron chi connectivity index (χ2n) is 4.46. The predicted octanol–water partition coefficient (Wildman–Crippen LogP) is 2.53. The van der Waals surface area contributed by atoms with Crippen LogP contribution in [0.1, 0.15) is 0 Å². The quantitative estimate of drug-likeness (QED) is 0.539. The molecule has 0 atom stereocenters. The molecule has 2 aromatic carbocycles. The van der Waals surface area contributed by atoms with Crippen LogP contribution in [0, 0.1) is 0 Å². The average Bonchev–Trinajstić information content (AvgIpc) is 3.03. The summed E-state index contributed by atoms with van der Waals surface area (Å²) in [6.45, 7) is 0. The Morgan fingerprint density at radius 1 is 1.00 bits per heavy atom. The number of rotatable bonds is 1. The van der Waals surface area contributed by atoms with E-state index in [1.807, 2.05) is 52.4 Å². The van der Waals surface area contributed by atoms with Crippen molar-refractivity contribution in [1.29, 1.82) is 0 Å². The fourth-order valence-electron chi connectivity index (χ4n) is 2.31. The van der Waals surface area contributed by atoms with Gasteiger partial charge in [-0.05, 0) is 0 Å². The van der Waals surface area contributed by atoms with Crippen LogP contribution in [-0.4, -0.2) is 23.3 Å². The Labute approximate surface area is 115 Å². The van der Waals surface area contributed by atoms with Gasteiger partial charge in [0, 0.05) is 0 Å². The minimum absolute atomic E-state index is 0.0393. The molecule has 3 nitrogen and oxygen atoms in total. The van der Waals surface area contributed by atoms with Gasteiger partial charge in [0.1, 0.15) is 0 Å². The minimum atomic E-state index is 0.0393. The number of benzene rings is 2. The van der Waals surface area contributed by atoms with E-state index in [0.29, 0.717) is 0 Å². The summed E-state index contributed by atoms with van der Waals surface area (Å²) in [4.78, 5) is 15.5. The first-order chi connectivity index (χ1) is 9.33. The molecule has 4 aromatic rings. The van der Waals surface area contributed by atoms with E-state index in [0.717, 1.165) is 20.7 Å². The summed E-state index contributed by atoms with van der Waals surface area (Å²) in [6.07, 6.45) is 3.92. The molecule has 0 unspecified atom stereocenters. The predicted molar refractivity (Wildman–Crippen MR) is 78.3 cm³/mol. The van der Waals surface area contributed by atoms with Crippen LogP contribution in [0.5, 0.6) is 0 Å². The van der Waals surface area contributed by atoms with Crippen molar-refractivity contribution in [2.75, 3.05) is 0 Å². The van der Waals surface area contributed by atoms with Crippen molar-refractivity contribution in [2.45, 2.75) is 0 Å². The zero-order chi connectivity index (χ0) is 12.8. The van der Waals surface area contributed by atoms with Gasteiger partial charge >= 0.3 is 115 Å². The maximum atomic E-state index is 12.4. The first-order valence-corrected chi connectivity index (χ1v) is 7.63. The number of hydrogen-bond donors (Lipinski definition) is 1. The number of nitrogens with zero attached hydrogens (tertiary/aromatic N) is 1. The van der Waals surface area contributed by atoms with E-state index in [2.05, 4.69) is 11.1 Å². The zero-order valence-corrected chi connectivity index (χ0v) is 11.7. The molecule has 0 radical (unpaired) electrons. The summed E-state index contributed by atoms with van der Waals surface area (Å²) in [7, 11) is 0. The van der Waals surface area contributed by atoms with Crippen LogP contribution in [0.25, 0.3) is 26.1 Å². The van der Waals surface area contributed by atoms with Crippen LogP contribution >= 0.6 is 0 Å². The molecular formula is C15H10N2OSe. The third kappa shape index (κ3) is 1.61. The molecule has 0 bridgehead atoms. The molecule has 2 heterocycles. The molecule has 2 aromatic heterocycles. The zero-order valence-electron chi connectivity index (χ0n) is 9.96. The van der Waals surface area contributed by atoms with E-state index in [1.54, 1.807) is 0 Å². The van der Waals surface area contributed by atoms with Crippen molar-refractivity contribution in [3.63, 3.8) is 0 Å². The number of H-pyrrole nitrogens is 1. The second kappa shape index (κ2) is 3.98. The van der Waals surface area contributed by atoms with E-state index in [-0.39, 0.29) is 20.3 Å². The topological polar surface area (TPSA) is 37.8 Å². The number of hydrogen-bond acceptors (Lipinski definition) is 1. The van der Waals surface area contributed by atoms with Crippen molar-refractivity contribution < 1.29 is 0 Å². The monoisotopic (exact) mass is 314 g/mol. The van der Waals surface area contributed by atoms with Crippen LogP contribution < -0.4 is 5.56 Å². The van der Waals surface area contributed by atoms with E-state index in [4.69, 9.17) is 0 Å². The second-order valence-corrected chi connectivity index (χ2v) is 6.53. The number of fused-ring (bicyclic) bond motifs is 2. The van der Waals surface area contributed by atoms with E-state index < -0.39 is 0 Å². The summed E-state index contributed by atoms with van der Waals surface area (Å²) >= 11 is 0.0393. The van der Waals surface area contributed by atoms with Crippen molar-refractivity contribution in [3.05, 3.63) is 65.2 Å². The normalized spacial score (nSPS) is 11.4. The van der Waals surface area contributed by atoms with Crippen molar-refractivity contribution >= 4 is 35.2 Å². The molecule has 0 aliphatic carbocycles. The van der Waals surface area contributed by atoms with Crippen molar-refractivity contribution in [2.24, 2.45) is 0 Å². The molecule has 0 saturated carbocycles. The summed E-state index contributed by atoms with van der Waals surface area (Å²) < 4.78 is 3.05. The van der Waals surface area contributed by atoms with Gasteiger partial charge in [-0.15, -0.1) is 0 Å². The molecule has 0 aliphatic rings. The number of aromatic nitrogens is 2. The summed E-state index contributed by atoms with van der Waals surface area (Å²) in [5, 5.41) is 3.15. The third-order valence-corrected chi connectivity index (χ3v) is 5.61. The molecule has 4 heteroatoms. The molecule has 0 spiro atoms. The van der Waals surface area contributed by atoms with Gasteiger partial charge in [0.25, 0.3) is 0 Å². The van der Waals surface area contributed by atoms with Crippen LogP contribution in [0.3, 0.4) is 0 Å². The molecule has 0 fully saturated rings. The summed E-state index contributed by atoms with van der Waals surface area (Å²) in [5.41, 5.74) is 1.10. The SMILES string of the molecule is O=c1c2ccccc2[se]n1-c1ccc2c[nH]cc2c1.